The van der Waals surface area contributed by atoms with Crippen LogP contribution < -0.4 is 0 Å². The van der Waals surface area contributed by atoms with Crippen LogP contribution in [0.15, 0.2) is 23.1 Å². The molecule has 2 saturated heterocycles. The van der Waals surface area contributed by atoms with Crippen LogP contribution in [0.25, 0.3) is 5.76 Å². The van der Waals surface area contributed by atoms with Crippen LogP contribution >= 0.6 is 11.3 Å². The molecule has 160 valence electrons. The summed E-state index contributed by atoms with van der Waals surface area (Å²) in [6.45, 7) is 7.65. The monoisotopic (exact) mass is 430 g/mol. The summed E-state index contributed by atoms with van der Waals surface area (Å²) in [5.41, 5.74) is 2.03. The largest absolute Gasteiger partial charge is 0.507 e. The zero-order valence-electron chi connectivity index (χ0n) is 17.4. The summed E-state index contributed by atoms with van der Waals surface area (Å²) in [7, 11) is 1.79. The van der Waals surface area contributed by atoms with Gasteiger partial charge < -0.3 is 14.7 Å². The summed E-state index contributed by atoms with van der Waals surface area (Å²) in [5.74, 6) is -1.36. The molecule has 8 nitrogen and oxygen atoms in total. The van der Waals surface area contributed by atoms with E-state index in [1.165, 1.54) is 11.3 Å². The second-order valence-corrected chi connectivity index (χ2v) is 8.61. The summed E-state index contributed by atoms with van der Waals surface area (Å²) in [5, 5.41) is 17.5. The van der Waals surface area contributed by atoms with Crippen LogP contribution in [-0.4, -0.2) is 75.8 Å². The summed E-state index contributed by atoms with van der Waals surface area (Å²) in [6.07, 6.45) is 0. The zero-order chi connectivity index (χ0) is 21.4. The van der Waals surface area contributed by atoms with Crippen LogP contribution in [0.1, 0.15) is 27.9 Å². The molecule has 0 spiro atoms. The molecule has 2 aliphatic heterocycles. The molecule has 2 fully saturated rings. The number of aliphatic hydroxyl groups excluding tert-OH is 1. The number of hydrogen-bond donors (Lipinski definition) is 1. The number of carbonyl (C=O) groups excluding carboxylic acids is 2. The van der Waals surface area contributed by atoms with Crippen molar-refractivity contribution in [3.05, 3.63) is 44.9 Å². The molecule has 4 heterocycles. The zero-order valence-corrected chi connectivity index (χ0v) is 18.2. The molecular weight excluding hydrogens is 404 g/mol. The molecule has 2 aliphatic rings. The molecule has 1 atom stereocenters. The maximum atomic E-state index is 13.1. The SMILES string of the molecule is Cc1nn(C)c(C)c1/C(O)=C1\C(=O)C(=O)N(CCN2CCOCC2)[C@H]1c1cccs1. The lowest BCUT2D eigenvalue weighted by atomic mass is 9.99. The minimum absolute atomic E-state index is 0.142. The third-order valence-electron chi connectivity index (χ3n) is 5.86. The van der Waals surface area contributed by atoms with Gasteiger partial charge in [-0.2, -0.15) is 5.10 Å². The standard InChI is InChI=1S/C21H26N4O4S/c1-13-16(14(2)23(3)22-13)19(26)17-18(15-5-4-12-30-15)25(21(28)20(17)27)7-6-24-8-10-29-11-9-24/h4-5,12,18,26H,6-11H2,1-3H3/b19-17+/t18-/m0/s1. The first-order chi connectivity index (χ1) is 14.4. The number of hydrogen-bond acceptors (Lipinski definition) is 7. The van der Waals surface area contributed by atoms with Gasteiger partial charge in [0.15, 0.2) is 0 Å². The van der Waals surface area contributed by atoms with Gasteiger partial charge in [-0.05, 0) is 25.3 Å². The molecule has 0 radical (unpaired) electrons. The predicted octanol–water partition coefficient (Wildman–Crippen LogP) is 1.85. The lowest BCUT2D eigenvalue weighted by Gasteiger charge is -2.30. The fraction of sp³-hybridized carbons (Fsp3) is 0.476. The van der Waals surface area contributed by atoms with Crippen molar-refractivity contribution in [1.29, 1.82) is 0 Å². The number of aromatic nitrogens is 2. The molecule has 9 heteroatoms. The Hall–Kier alpha value is -2.49. The topological polar surface area (TPSA) is 87.9 Å². The molecule has 0 bridgehead atoms. The number of rotatable bonds is 5. The van der Waals surface area contributed by atoms with E-state index in [0.717, 1.165) is 23.7 Å². The van der Waals surface area contributed by atoms with E-state index in [0.29, 0.717) is 37.6 Å². The van der Waals surface area contributed by atoms with Crippen molar-refractivity contribution in [2.75, 3.05) is 39.4 Å². The van der Waals surface area contributed by atoms with Gasteiger partial charge in [-0.25, -0.2) is 0 Å². The number of thiophene rings is 1. The molecule has 4 rings (SSSR count). The number of Topliss-reactive ketones (excluding diaryl/α,β-unsaturated/α-hetero) is 1. The number of aryl methyl sites for hydroxylation is 2. The van der Waals surface area contributed by atoms with Crippen molar-refractivity contribution in [2.24, 2.45) is 7.05 Å². The second kappa shape index (κ2) is 8.33. The number of amides is 1. The first kappa shape index (κ1) is 20.8. The maximum Gasteiger partial charge on any atom is 0.295 e. The predicted molar refractivity (Wildman–Crippen MR) is 113 cm³/mol. The lowest BCUT2D eigenvalue weighted by molar-refractivity contribution is -0.140. The van der Waals surface area contributed by atoms with Gasteiger partial charge in [-0.1, -0.05) is 6.07 Å². The van der Waals surface area contributed by atoms with E-state index in [1.807, 2.05) is 24.4 Å². The average Bonchev–Trinajstić information content (AvgIpc) is 3.41. The van der Waals surface area contributed by atoms with Gasteiger partial charge in [0.25, 0.3) is 11.7 Å². The van der Waals surface area contributed by atoms with Crippen molar-refractivity contribution in [3.8, 4) is 0 Å². The van der Waals surface area contributed by atoms with Crippen LogP contribution in [-0.2, 0) is 21.4 Å². The number of carbonyl (C=O) groups is 2. The number of ketones is 1. The Kier molecular flexibility index (Phi) is 5.77. The Labute approximate surface area is 179 Å². The van der Waals surface area contributed by atoms with E-state index in [1.54, 1.807) is 23.6 Å². The molecular formula is C21H26N4O4S. The third-order valence-corrected chi connectivity index (χ3v) is 6.78. The van der Waals surface area contributed by atoms with Crippen molar-refractivity contribution >= 4 is 28.8 Å². The van der Waals surface area contributed by atoms with Gasteiger partial charge in [-0.3, -0.25) is 19.2 Å². The van der Waals surface area contributed by atoms with Gasteiger partial charge >= 0.3 is 0 Å². The number of nitrogens with zero attached hydrogens (tertiary/aromatic N) is 4. The molecule has 1 amide bonds. The van der Waals surface area contributed by atoms with Crippen LogP contribution in [0.3, 0.4) is 0 Å². The van der Waals surface area contributed by atoms with Crippen LogP contribution in [0.4, 0.5) is 0 Å². The highest BCUT2D eigenvalue weighted by atomic mass is 32.1. The van der Waals surface area contributed by atoms with E-state index < -0.39 is 17.7 Å². The van der Waals surface area contributed by atoms with Crippen LogP contribution in [0.2, 0.25) is 0 Å². The molecule has 0 aromatic carbocycles. The maximum absolute atomic E-state index is 13.1. The van der Waals surface area contributed by atoms with E-state index in [-0.39, 0.29) is 11.3 Å². The van der Waals surface area contributed by atoms with Gasteiger partial charge in [0.05, 0.1) is 36.1 Å². The molecule has 2 aromatic rings. The van der Waals surface area contributed by atoms with Gasteiger partial charge in [-0.15, -0.1) is 11.3 Å². The number of morpholine rings is 1. The Morgan fingerprint density at radius 1 is 1.27 bits per heavy atom. The van der Waals surface area contributed by atoms with E-state index in [9.17, 15) is 14.7 Å². The lowest BCUT2D eigenvalue weighted by Crippen LogP contribution is -2.42. The molecule has 0 aliphatic carbocycles. The van der Waals surface area contributed by atoms with Crippen molar-refractivity contribution < 1.29 is 19.4 Å². The Bertz CT molecular complexity index is 989. The Balaban J connectivity index is 1.74. The Morgan fingerprint density at radius 2 is 2.00 bits per heavy atom. The minimum Gasteiger partial charge on any atom is -0.507 e. The number of aliphatic hydroxyl groups is 1. The van der Waals surface area contributed by atoms with Crippen molar-refractivity contribution in [2.45, 2.75) is 19.9 Å². The van der Waals surface area contributed by atoms with Crippen molar-refractivity contribution in [1.82, 2.24) is 19.6 Å². The molecule has 0 unspecified atom stereocenters. The summed E-state index contributed by atoms with van der Waals surface area (Å²) in [6, 6.07) is 3.20. The van der Waals surface area contributed by atoms with E-state index in [4.69, 9.17) is 4.74 Å². The summed E-state index contributed by atoms with van der Waals surface area (Å²) < 4.78 is 7.05. The summed E-state index contributed by atoms with van der Waals surface area (Å²) in [4.78, 5) is 30.7. The quantitative estimate of drug-likeness (QED) is 0.443. The fourth-order valence-electron chi connectivity index (χ4n) is 4.18. The number of likely N-dealkylation sites (tertiary alicyclic amines) is 1. The van der Waals surface area contributed by atoms with Gasteiger partial charge in [0.2, 0.25) is 0 Å². The molecule has 1 N–H and O–H groups in total. The molecule has 30 heavy (non-hydrogen) atoms. The fourth-order valence-corrected chi connectivity index (χ4v) is 5.02. The smallest absolute Gasteiger partial charge is 0.295 e. The first-order valence-corrected chi connectivity index (χ1v) is 10.9. The van der Waals surface area contributed by atoms with Crippen LogP contribution in [0.5, 0.6) is 0 Å². The average molecular weight is 431 g/mol. The van der Waals surface area contributed by atoms with E-state index in [2.05, 4.69) is 10.00 Å². The highest BCUT2D eigenvalue weighted by molar-refractivity contribution is 7.10. The normalized spacial score (nSPS) is 22.2. The minimum atomic E-state index is -0.643. The second-order valence-electron chi connectivity index (χ2n) is 7.63. The van der Waals surface area contributed by atoms with E-state index >= 15 is 0 Å². The molecule has 0 saturated carbocycles. The highest BCUT2D eigenvalue weighted by Gasteiger charge is 2.47. The van der Waals surface area contributed by atoms with Gasteiger partial charge in [0.1, 0.15) is 5.76 Å². The number of ether oxygens (including phenoxy) is 1. The summed E-state index contributed by atoms with van der Waals surface area (Å²) >= 11 is 1.47. The highest BCUT2D eigenvalue weighted by Crippen LogP contribution is 2.41. The first-order valence-electron chi connectivity index (χ1n) is 10.0. The van der Waals surface area contributed by atoms with Crippen LogP contribution in [0, 0.1) is 13.8 Å². The Morgan fingerprint density at radius 3 is 2.60 bits per heavy atom. The van der Waals surface area contributed by atoms with Crippen molar-refractivity contribution in [3.63, 3.8) is 0 Å². The molecule has 2 aromatic heterocycles. The van der Waals surface area contributed by atoms with Gasteiger partial charge in [0, 0.05) is 43.8 Å². The third kappa shape index (κ3) is 3.57.